The molecule has 0 radical (unpaired) electrons. The number of ether oxygens (including phenoxy) is 1. The first-order valence-electron chi connectivity index (χ1n) is 9.83. The lowest BCUT2D eigenvalue weighted by Crippen LogP contribution is -2.43. The van der Waals surface area contributed by atoms with Crippen molar-refractivity contribution in [3.8, 4) is 6.07 Å². The molecule has 0 bridgehead atoms. The van der Waals surface area contributed by atoms with Crippen LogP contribution in [0.15, 0.2) is 28.6 Å². The summed E-state index contributed by atoms with van der Waals surface area (Å²) < 4.78 is 5.49. The number of thiophene rings is 1. The molecule has 152 valence electrons. The van der Waals surface area contributed by atoms with Crippen LogP contribution in [-0.2, 0) is 4.74 Å². The highest BCUT2D eigenvalue weighted by Crippen LogP contribution is 2.40. The normalized spacial score (nSPS) is 18.2. The van der Waals surface area contributed by atoms with Crippen molar-refractivity contribution in [1.29, 1.82) is 5.26 Å². The molecule has 1 N–H and O–H groups in total. The van der Waals surface area contributed by atoms with Crippen LogP contribution in [0.2, 0.25) is 0 Å². The molecule has 2 aliphatic rings. The van der Waals surface area contributed by atoms with E-state index in [0.717, 1.165) is 31.6 Å². The molecular weight excluding hydrogens is 404 g/mol. The number of amides is 1. The molecule has 29 heavy (non-hydrogen) atoms. The van der Waals surface area contributed by atoms with Gasteiger partial charge in [0.1, 0.15) is 11.1 Å². The third kappa shape index (κ3) is 4.64. The fourth-order valence-corrected chi connectivity index (χ4v) is 5.05. The second kappa shape index (κ2) is 9.26. The Morgan fingerprint density at radius 1 is 1.48 bits per heavy atom. The minimum Gasteiger partial charge on any atom is -0.379 e. The lowest BCUT2D eigenvalue weighted by molar-refractivity contribution is 0.0169. The molecule has 8 heteroatoms. The third-order valence-corrected chi connectivity index (χ3v) is 7.02. The van der Waals surface area contributed by atoms with Gasteiger partial charge in [-0.25, -0.2) is 4.98 Å². The van der Waals surface area contributed by atoms with E-state index in [9.17, 15) is 10.1 Å². The van der Waals surface area contributed by atoms with Crippen LogP contribution >= 0.6 is 23.1 Å². The number of carbonyl (C=O) groups excluding carboxylic acids is 1. The SMILES string of the molecule is CSc1nc(C2CC2)cc(C(=O)NC[C@H](c2cccs2)N2CCOCC2)c1C#N. The molecule has 6 nitrogen and oxygen atoms in total. The predicted octanol–water partition coefficient (Wildman–Crippen LogP) is 3.42. The molecule has 0 spiro atoms. The Morgan fingerprint density at radius 3 is 2.90 bits per heavy atom. The molecule has 4 rings (SSSR count). The number of pyridine rings is 1. The van der Waals surface area contributed by atoms with Crippen LogP contribution in [0.25, 0.3) is 0 Å². The van der Waals surface area contributed by atoms with E-state index in [4.69, 9.17) is 4.74 Å². The molecule has 1 saturated carbocycles. The van der Waals surface area contributed by atoms with E-state index in [-0.39, 0.29) is 11.9 Å². The van der Waals surface area contributed by atoms with Gasteiger partial charge in [0.05, 0.1) is 30.4 Å². The van der Waals surface area contributed by atoms with Gasteiger partial charge in [-0.05, 0) is 36.6 Å². The summed E-state index contributed by atoms with van der Waals surface area (Å²) in [5.74, 6) is 0.225. The van der Waals surface area contributed by atoms with E-state index >= 15 is 0 Å². The van der Waals surface area contributed by atoms with Gasteiger partial charge in [0.2, 0.25) is 0 Å². The van der Waals surface area contributed by atoms with Crippen LogP contribution in [0.1, 0.15) is 51.3 Å². The number of aromatic nitrogens is 1. The van der Waals surface area contributed by atoms with Crippen molar-refractivity contribution < 1.29 is 9.53 Å². The van der Waals surface area contributed by atoms with Crippen molar-refractivity contribution >= 4 is 29.0 Å². The Labute approximate surface area is 179 Å². The van der Waals surface area contributed by atoms with Crippen molar-refractivity contribution in [3.05, 3.63) is 45.3 Å². The van der Waals surface area contributed by atoms with E-state index in [0.29, 0.717) is 41.8 Å². The van der Waals surface area contributed by atoms with Crippen LogP contribution in [0, 0.1) is 11.3 Å². The predicted molar refractivity (Wildman–Crippen MR) is 114 cm³/mol. The van der Waals surface area contributed by atoms with Gasteiger partial charge in [-0.2, -0.15) is 5.26 Å². The zero-order chi connectivity index (χ0) is 20.2. The maximum absolute atomic E-state index is 13.1. The molecule has 1 atom stereocenters. The van der Waals surface area contributed by atoms with Crippen molar-refractivity contribution in [2.75, 3.05) is 39.1 Å². The second-order valence-electron chi connectivity index (χ2n) is 7.25. The maximum atomic E-state index is 13.1. The number of hydrogen-bond donors (Lipinski definition) is 1. The molecule has 1 amide bonds. The van der Waals surface area contributed by atoms with Gasteiger partial charge in [-0.15, -0.1) is 23.1 Å². The summed E-state index contributed by atoms with van der Waals surface area (Å²) in [5.41, 5.74) is 1.75. The Morgan fingerprint density at radius 2 is 2.28 bits per heavy atom. The Balaban J connectivity index is 1.55. The first-order chi connectivity index (χ1) is 14.2. The lowest BCUT2D eigenvalue weighted by Gasteiger charge is -2.34. The molecule has 1 saturated heterocycles. The Kier molecular flexibility index (Phi) is 6.50. The summed E-state index contributed by atoms with van der Waals surface area (Å²) in [6.45, 7) is 3.61. The van der Waals surface area contributed by atoms with Gasteiger partial charge < -0.3 is 10.1 Å². The van der Waals surface area contributed by atoms with E-state index in [1.807, 2.05) is 18.4 Å². The maximum Gasteiger partial charge on any atom is 0.252 e. The van der Waals surface area contributed by atoms with E-state index in [2.05, 4.69) is 32.7 Å². The largest absolute Gasteiger partial charge is 0.379 e. The van der Waals surface area contributed by atoms with E-state index in [1.165, 1.54) is 16.6 Å². The highest BCUT2D eigenvalue weighted by molar-refractivity contribution is 7.98. The van der Waals surface area contributed by atoms with Crippen LogP contribution in [0.4, 0.5) is 0 Å². The lowest BCUT2D eigenvalue weighted by atomic mass is 10.1. The third-order valence-electron chi connectivity index (χ3n) is 5.37. The van der Waals surface area contributed by atoms with E-state index < -0.39 is 0 Å². The molecule has 1 aliphatic carbocycles. The molecule has 3 heterocycles. The molecule has 0 unspecified atom stereocenters. The van der Waals surface area contributed by atoms with Gasteiger partial charge >= 0.3 is 0 Å². The minimum atomic E-state index is -0.198. The first kappa shape index (κ1) is 20.4. The fourth-order valence-electron chi connectivity index (χ4n) is 3.63. The van der Waals surface area contributed by atoms with Gasteiger partial charge in [-0.1, -0.05) is 6.07 Å². The van der Waals surface area contributed by atoms with Crippen molar-refractivity contribution in [2.24, 2.45) is 0 Å². The molecule has 2 aromatic heterocycles. The number of nitrogens with zero attached hydrogens (tertiary/aromatic N) is 3. The van der Waals surface area contributed by atoms with Gasteiger partial charge in [-0.3, -0.25) is 9.69 Å². The number of morpholine rings is 1. The molecule has 0 aromatic carbocycles. The topological polar surface area (TPSA) is 78.2 Å². The number of hydrogen-bond acceptors (Lipinski definition) is 7. The zero-order valence-electron chi connectivity index (χ0n) is 16.4. The zero-order valence-corrected chi connectivity index (χ0v) is 18.0. The summed E-state index contributed by atoms with van der Waals surface area (Å²) in [7, 11) is 0. The van der Waals surface area contributed by atoms with Crippen molar-refractivity contribution in [1.82, 2.24) is 15.2 Å². The number of nitriles is 1. The van der Waals surface area contributed by atoms with Crippen molar-refractivity contribution in [3.63, 3.8) is 0 Å². The summed E-state index contributed by atoms with van der Waals surface area (Å²) in [5, 5.41) is 15.5. The molecule has 2 aromatic rings. The molecule has 1 aliphatic heterocycles. The highest BCUT2D eigenvalue weighted by Gasteiger charge is 2.29. The average Bonchev–Trinajstić information content (AvgIpc) is 3.48. The molecule has 2 fully saturated rings. The van der Waals surface area contributed by atoms with Gasteiger partial charge in [0, 0.05) is 36.1 Å². The highest BCUT2D eigenvalue weighted by atomic mass is 32.2. The first-order valence-corrected chi connectivity index (χ1v) is 11.9. The quantitative estimate of drug-likeness (QED) is 0.681. The fraction of sp³-hybridized carbons (Fsp3) is 0.476. The van der Waals surface area contributed by atoms with Crippen molar-refractivity contribution in [2.45, 2.75) is 29.8 Å². The second-order valence-corrected chi connectivity index (χ2v) is 9.03. The van der Waals surface area contributed by atoms with Gasteiger partial charge in [0.25, 0.3) is 5.91 Å². The Bertz CT molecular complexity index is 900. The summed E-state index contributed by atoms with van der Waals surface area (Å²) in [6.07, 6.45) is 4.10. The minimum absolute atomic E-state index is 0.109. The summed E-state index contributed by atoms with van der Waals surface area (Å²) in [6, 6.07) is 8.27. The number of rotatable bonds is 7. The average molecular weight is 429 g/mol. The van der Waals surface area contributed by atoms with Crippen LogP contribution in [0.3, 0.4) is 0 Å². The Hall–Kier alpha value is -1.92. The van der Waals surface area contributed by atoms with E-state index in [1.54, 1.807) is 11.3 Å². The number of nitrogens with one attached hydrogen (secondary N) is 1. The monoisotopic (exact) mass is 428 g/mol. The standard InChI is InChI=1S/C21H24N4O2S2/c1-28-21-16(12-22)15(11-17(24-21)14-4-5-14)20(26)23-13-18(19-3-2-10-29-19)25-6-8-27-9-7-25/h2-3,10-11,14,18H,4-9,13H2,1H3,(H,23,26)/t18-/m1/s1. The van der Waals surface area contributed by atoms with Crippen LogP contribution < -0.4 is 5.32 Å². The van der Waals surface area contributed by atoms with Crippen LogP contribution in [0.5, 0.6) is 0 Å². The summed E-state index contributed by atoms with van der Waals surface area (Å²) >= 11 is 3.12. The van der Waals surface area contributed by atoms with Gasteiger partial charge in [0.15, 0.2) is 0 Å². The number of carbonyl (C=O) groups is 1. The smallest absolute Gasteiger partial charge is 0.252 e. The van der Waals surface area contributed by atoms with Crippen LogP contribution in [-0.4, -0.2) is 54.9 Å². The summed E-state index contributed by atoms with van der Waals surface area (Å²) in [4.78, 5) is 21.3. The number of thioether (sulfide) groups is 1. The molecular formula is C21H24N4O2S2.